The van der Waals surface area contributed by atoms with Crippen LogP contribution in [0.2, 0.25) is 0 Å². The van der Waals surface area contributed by atoms with E-state index < -0.39 is 0 Å². The molecule has 2 saturated carbocycles. The van der Waals surface area contributed by atoms with Crippen molar-refractivity contribution < 1.29 is 0 Å². The number of nitrogens with one attached hydrogen (secondary N) is 1. The Kier molecular flexibility index (Phi) is 6.69. The van der Waals surface area contributed by atoms with E-state index >= 15 is 0 Å². The Morgan fingerprint density at radius 2 is 1.16 bits per heavy atom. The fraction of sp³-hybridized carbons (Fsp3) is 0.457. The molecular weight excluding hydrogens is 448 g/mol. The van der Waals surface area contributed by atoms with Gasteiger partial charge in [0, 0.05) is 33.5 Å². The predicted molar refractivity (Wildman–Crippen MR) is 157 cm³/mol. The lowest BCUT2D eigenvalue weighted by atomic mass is 9.79. The second-order valence-electron chi connectivity index (χ2n) is 12.5. The zero-order chi connectivity index (χ0) is 25.4. The Labute approximate surface area is 222 Å². The number of pyridine rings is 1. The van der Waals surface area contributed by atoms with E-state index in [1.54, 1.807) is 0 Å². The molecule has 37 heavy (non-hydrogen) atoms. The fourth-order valence-corrected chi connectivity index (χ4v) is 7.02. The highest BCUT2D eigenvalue weighted by Gasteiger charge is 2.33. The molecule has 2 aromatic carbocycles. The van der Waals surface area contributed by atoms with Crippen LogP contribution in [0, 0.1) is 0 Å². The number of aromatic nitrogens is 2. The van der Waals surface area contributed by atoms with Crippen LogP contribution in [-0.2, 0) is 5.41 Å². The average molecular weight is 491 g/mol. The number of benzene rings is 2. The number of aromatic amines is 1. The maximum Gasteiger partial charge on any atom is 0.0579 e. The van der Waals surface area contributed by atoms with Gasteiger partial charge in [-0.3, -0.25) is 4.98 Å². The number of nitrogens with zero attached hydrogens (tertiary/aromatic N) is 1. The van der Waals surface area contributed by atoms with E-state index in [4.69, 9.17) is 4.98 Å². The molecule has 0 radical (unpaired) electrons. The van der Waals surface area contributed by atoms with Crippen LogP contribution in [0.3, 0.4) is 0 Å². The normalized spacial score (nSPS) is 17.9. The first-order valence-electron chi connectivity index (χ1n) is 14.7. The molecule has 0 unspecified atom stereocenters. The van der Waals surface area contributed by atoms with Crippen LogP contribution in [0.1, 0.15) is 114 Å². The van der Waals surface area contributed by atoms with E-state index in [0.29, 0.717) is 11.8 Å². The molecule has 2 heterocycles. The van der Waals surface area contributed by atoms with E-state index in [9.17, 15) is 0 Å². The Morgan fingerprint density at radius 3 is 1.70 bits per heavy atom. The highest BCUT2D eigenvalue weighted by Crippen LogP contribution is 2.49. The molecule has 2 aromatic heterocycles. The number of hydrogen-bond donors (Lipinski definition) is 1. The summed E-state index contributed by atoms with van der Waals surface area (Å²) in [5, 5.41) is 1.36. The predicted octanol–water partition coefficient (Wildman–Crippen LogP) is 10.3. The molecule has 192 valence electrons. The molecule has 0 aliphatic heterocycles. The highest BCUT2D eigenvalue weighted by molar-refractivity contribution is 6.07. The van der Waals surface area contributed by atoms with Crippen molar-refractivity contribution in [1.82, 2.24) is 9.97 Å². The molecule has 0 atom stereocenters. The van der Waals surface area contributed by atoms with Gasteiger partial charge in [0.25, 0.3) is 0 Å². The van der Waals surface area contributed by atoms with Crippen LogP contribution in [0.25, 0.3) is 33.2 Å². The molecule has 6 rings (SSSR count). The minimum atomic E-state index is -0.0492. The summed E-state index contributed by atoms with van der Waals surface area (Å²) < 4.78 is 0. The summed E-state index contributed by atoms with van der Waals surface area (Å²) in [4.78, 5) is 9.85. The first-order chi connectivity index (χ1) is 18.0. The zero-order valence-corrected chi connectivity index (χ0v) is 22.9. The van der Waals surface area contributed by atoms with E-state index in [2.05, 4.69) is 86.4 Å². The van der Waals surface area contributed by atoms with Crippen molar-refractivity contribution in [3.05, 3.63) is 77.7 Å². The van der Waals surface area contributed by atoms with Gasteiger partial charge in [0.1, 0.15) is 0 Å². The van der Waals surface area contributed by atoms with Crippen molar-refractivity contribution in [3.63, 3.8) is 0 Å². The molecule has 0 spiro atoms. The third-order valence-corrected chi connectivity index (χ3v) is 8.84. The van der Waals surface area contributed by atoms with Gasteiger partial charge in [-0.05, 0) is 42.7 Å². The Hall–Kier alpha value is -2.87. The first-order valence-corrected chi connectivity index (χ1v) is 14.7. The van der Waals surface area contributed by atoms with E-state index in [1.807, 2.05) is 0 Å². The van der Waals surface area contributed by atoms with Crippen LogP contribution in [0.4, 0.5) is 0 Å². The van der Waals surface area contributed by atoms with Gasteiger partial charge < -0.3 is 4.98 Å². The van der Waals surface area contributed by atoms with Crippen LogP contribution in [0.15, 0.2) is 60.7 Å². The van der Waals surface area contributed by atoms with Crippen molar-refractivity contribution in [2.45, 2.75) is 102 Å². The molecular formula is C35H42N2. The van der Waals surface area contributed by atoms with Crippen molar-refractivity contribution >= 4 is 10.9 Å². The highest BCUT2D eigenvalue weighted by atomic mass is 14.8. The third-order valence-electron chi connectivity index (χ3n) is 8.84. The zero-order valence-electron chi connectivity index (χ0n) is 22.9. The third kappa shape index (κ3) is 4.65. The molecule has 0 bridgehead atoms. The lowest BCUT2D eigenvalue weighted by Crippen LogP contribution is -2.18. The smallest absolute Gasteiger partial charge is 0.0579 e. The molecule has 0 saturated heterocycles. The van der Waals surface area contributed by atoms with E-state index in [-0.39, 0.29) is 5.41 Å². The van der Waals surface area contributed by atoms with Crippen LogP contribution >= 0.6 is 0 Å². The van der Waals surface area contributed by atoms with E-state index in [1.165, 1.54) is 114 Å². The van der Waals surface area contributed by atoms with Gasteiger partial charge >= 0.3 is 0 Å². The Bertz CT molecular complexity index is 1350. The molecule has 2 heteroatoms. The Morgan fingerprint density at radius 1 is 0.649 bits per heavy atom. The summed E-state index contributed by atoms with van der Waals surface area (Å²) in [6, 6.07) is 22.2. The standard InChI is InChI=1S/C35H42N2/c1-35(2,3)34-30-28(24-16-8-4-9-17-24)31(26-20-12-6-13-21-26)36-33(30)29(25-18-10-5-11-19-25)32(37-34)27-22-14-7-15-23-27/h4-5,8-11,16-19,26-27,36H,6-7,12-15,20-23H2,1-3H3. The van der Waals surface area contributed by atoms with Crippen LogP contribution in [-0.4, -0.2) is 9.97 Å². The summed E-state index contributed by atoms with van der Waals surface area (Å²) in [6.07, 6.45) is 13.1. The largest absolute Gasteiger partial charge is 0.357 e. The monoisotopic (exact) mass is 490 g/mol. The minimum Gasteiger partial charge on any atom is -0.357 e. The molecule has 4 aromatic rings. The van der Waals surface area contributed by atoms with Gasteiger partial charge in [-0.2, -0.15) is 0 Å². The number of fused-ring (bicyclic) bond motifs is 1. The number of H-pyrrole nitrogens is 1. The second kappa shape index (κ2) is 10.1. The quantitative estimate of drug-likeness (QED) is 0.303. The van der Waals surface area contributed by atoms with E-state index in [0.717, 1.165) is 0 Å². The second-order valence-corrected chi connectivity index (χ2v) is 12.5. The topological polar surface area (TPSA) is 28.7 Å². The lowest BCUT2D eigenvalue weighted by molar-refractivity contribution is 0.434. The van der Waals surface area contributed by atoms with Crippen molar-refractivity contribution in [3.8, 4) is 22.3 Å². The first kappa shape index (κ1) is 24.5. The summed E-state index contributed by atoms with van der Waals surface area (Å²) in [5.41, 5.74) is 10.7. The van der Waals surface area contributed by atoms with Gasteiger partial charge in [0.2, 0.25) is 0 Å². The molecule has 1 N–H and O–H groups in total. The van der Waals surface area contributed by atoms with Gasteiger partial charge in [-0.1, -0.05) is 120 Å². The summed E-state index contributed by atoms with van der Waals surface area (Å²) in [7, 11) is 0. The van der Waals surface area contributed by atoms with Crippen LogP contribution < -0.4 is 0 Å². The minimum absolute atomic E-state index is 0.0492. The summed E-state index contributed by atoms with van der Waals surface area (Å²) >= 11 is 0. The van der Waals surface area contributed by atoms with Gasteiger partial charge in [-0.15, -0.1) is 0 Å². The number of hydrogen-bond acceptors (Lipinski definition) is 1. The maximum atomic E-state index is 5.70. The molecule has 2 aliphatic rings. The fourth-order valence-electron chi connectivity index (χ4n) is 7.02. The van der Waals surface area contributed by atoms with Gasteiger partial charge in [0.05, 0.1) is 16.9 Å². The summed E-state index contributed by atoms with van der Waals surface area (Å²) in [5.74, 6) is 1.13. The SMILES string of the molecule is CC(C)(C)c1nc(C2CCCCC2)c(-c2ccccc2)c2[nH]c(C3CCCCC3)c(-c3ccccc3)c12. The van der Waals surface area contributed by atoms with Gasteiger partial charge in [-0.25, -0.2) is 0 Å². The van der Waals surface area contributed by atoms with Crippen LogP contribution in [0.5, 0.6) is 0 Å². The summed E-state index contributed by atoms with van der Waals surface area (Å²) in [6.45, 7) is 7.05. The molecule has 2 aliphatic carbocycles. The Balaban J connectivity index is 1.74. The number of rotatable bonds is 4. The molecule has 2 fully saturated rings. The molecule has 0 amide bonds. The van der Waals surface area contributed by atoms with Gasteiger partial charge in [0.15, 0.2) is 0 Å². The van der Waals surface area contributed by atoms with Crippen molar-refractivity contribution in [1.29, 1.82) is 0 Å². The average Bonchev–Trinajstić information content (AvgIpc) is 3.34. The maximum absolute atomic E-state index is 5.70. The van der Waals surface area contributed by atoms with Crippen molar-refractivity contribution in [2.75, 3.05) is 0 Å². The lowest BCUT2D eigenvalue weighted by Gasteiger charge is -2.28. The molecule has 2 nitrogen and oxygen atoms in total. The van der Waals surface area contributed by atoms with Crippen molar-refractivity contribution in [2.24, 2.45) is 0 Å².